The average Bonchev–Trinajstić information content (AvgIpc) is 2.33. The van der Waals surface area contributed by atoms with Gasteiger partial charge in [0.15, 0.2) is 5.78 Å². The zero-order valence-corrected chi connectivity index (χ0v) is 10.5. The van der Waals surface area contributed by atoms with Gasteiger partial charge in [0.2, 0.25) is 0 Å². The molecule has 0 amide bonds. The third kappa shape index (κ3) is 2.84. The van der Waals surface area contributed by atoms with Gasteiger partial charge in [0.1, 0.15) is 0 Å². The average molecular weight is 263 g/mol. The Morgan fingerprint density at radius 1 is 1.28 bits per heavy atom. The van der Waals surface area contributed by atoms with Gasteiger partial charge in [-0.3, -0.25) is 9.36 Å². The van der Waals surface area contributed by atoms with Crippen LogP contribution >= 0.6 is 11.6 Å². The van der Waals surface area contributed by atoms with E-state index in [1.807, 2.05) is 0 Å². The number of halogens is 1. The fraction of sp³-hybridized carbons (Fsp3) is 0.154. The highest BCUT2D eigenvalue weighted by Gasteiger charge is 2.08. The minimum absolute atomic E-state index is 0.0201. The molecule has 1 aromatic carbocycles. The van der Waals surface area contributed by atoms with E-state index in [-0.39, 0.29) is 12.3 Å². The number of hydrogen-bond acceptors (Lipinski definition) is 3. The van der Waals surface area contributed by atoms with Crippen molar-refractivity contribution < 1.29 is 4.79 Å². The molecular formula is C13H11ClN2O2. The SMILES string of the molecule is Cc1ccn(CC(=O)c2ccc(Cl)cc2)c(=O)n1. The minimum Gasteiger partial charge on any atom is -0.292 e. The quantitative estimate of drug-likeness (QED) is 0.796. The second kappa shape index (κ2) is 5.14. The van der Waals surface area contributed by atoms with Crippen LogP contribution in [0.3, 0.4) is 0 Å². The van der Waals surface area contributed by atoms with Crippen molar-refractivity contribution >= 4 is 17.4 Å². The van der Waals surface area contributed by atoms with Crippen LogP contribution in [0.1, 0.15) is 16.1 Å². The summed E-state index contributed by atoms with van der Waals surface area (Å²) in [6.07, 6.45) is 1.57. The zero-order valence-electron chi connectivity index (χ0n) is 9.76. The molecule has 0 aliphatic heterocycles. The van der Waals surface area contributed by atoms with E-state index in [2.05, 4.69) is 4.98 Å². The van der Waals surface area contributed by atoms with Crippen LogP contribution in [0.5, 0.6) is 0 Å². The van der Waals surface area contributed by atoms with E-state index in [4.69, 9.17) is 11.6 Å². The molecule has 0 saturated heterocycles. The highest BCUT2D eigenvalue weighted by molar-refractivity contribution is 6.30. The van der Waals surface area contributed by atoms with E-state index in [1.54, 1.807) is 43.5 Å². The lowest BCUT2D eigenvalue weighted by Crippen LogP contribution is -2.26. The molecule has 4 nitrogen and oxygen atoms in total. The van der Waals surface area contributed by atoms with Crippen molar-refractivity contribution in [3.63, 3.8) is 0 Å². The highest BCUT2D eigenvalue weighted by Crippen LogP contribution is 2.10. The molecule has 0 aliphatic carbocycles. The van der Waals surface area contributed by atoms with E-state index in [1.165, 1.54) is 4.57 Å². The first kappa shape index (κ1) is 12.5. The Morgan fingerprint density at radius 3 is 2.56 bits per heavy atom. The fourth-order valence-electron chi connectivity index (χ4n) is 1.52. The van der Waals surface area contributed by atoms with Crippen LogP contribution in [-0.2, 0) is 6.54 Å². The number of Topliss-reactive ketones (excluding diaryl/α,β-unsaturated/α-hetero) is 1. The summed E-state index contributed by atoms with van der Waals surface area (Å²) in [5, 5.41) is 0.570. The van der Waals surface area contributed by atoms with Crippen LogP contribution in [0.4, 0.5) is 0 Å². The summed E-state index contributed by atoms with van der Waals surface area (Å²) in [5.74, 6) is -0.153. The van der Waals surface area contributed by atoms with Gasteiger partial charge in [-0.15, -0.1) is 0 Å². The van der Waals surface area contributed by atoms with Gasteiger partial charge in [-0.1, -0.05) is 11.6 Å². The van der Waals surface area contributed by atoms with E-state index >= 15 is 0 Å². The Labute approximate surface area is 109 Å². The lowest BCUT2D eigenvalue weighted by Gasteiger charge is -2.04. The van der Waals surface area contributed by atoms with Crippen LogP contribution < -0.4 is 5.69 Å². The summed E-state index contributed by atoms with van der Waals surface area (Å²) in [5.41, 5.74) is 0.736. The summed E-state index contributed by atoms with van der Waals surface area (Å²) in [6, 6.07) is 8.25. The maximum absolute atomic E-state index is 11.9. The number of rotatable bonds is 3. The molecule has 0 spiro atoms. The topological polar surface area (TPSA) is 52.0 Å². The zero-order chi connectivity index (χ0) is 13.1. The number of carbonyl (C=O) groups is 1. The van der Waals surface area contributed by atoms with E-state index in [9.17, 15) is 9.59 Å². The third-order valence-electron chi connectivity index (χ3n) is 2.49. The van der Waals surface area contributed by atoms with Crippen molar-refractivity contribution in [2.75, 3.05) is 0 Å². The van der Waals surface area contributed by atoms with Gasteiger partial charge in [0.05, 0.1) is 6.54 Å². The highest BCUT2D eigenvalue weighted by atomic mass is 35.5. The largest absolute Gasteiger partial charge is 0.348 e. The maximum atomic E-state index is 11.9. The lowest BCUT2D eigenvalue weighted by atomic mass is 10.1. The van der Waals surface area contributed by atoms with Crippen molar-refractivity contribution in [2.45, 2.75) is 13.5 Å². The number of benzene rings is 1. The number of nitrogens with zero attached hydrogens (tertiary/aromatic N) is 2. The lowest BCUT2D eigenvalue weighted by molar-refractivity contribution is 0.0970. The first-order valence-corrected chi connectivity index (χ1v) is 5.77. The molecule has 0 N–H and O–H groups in total. The molecule has 0 radical (unpaired) electrons. The van der Waals surface area contributed by atoms with Gasteiger partial charge in [-0.25, -0.2) is 4.79 Å². The molecule has 92 valence electrons. The predicted molar refractivity (Wildman–Crippen MR) is 69.0 cm³/mol. The first-order chi connectivity index (χ1) is 8.56. The molecular weight excluding hydrogens is 252 g/mol. The third-order valence-corrected chi connectivity index (χ3v) is 2.75. The Balaban J connectivity index is 2.21. The van der Waals surface area contributed by atoms with Crippen molar-refractivity contribution in [3.05, 3.63) is 63.3 Å². The van der Waals surface area contributed by atoms with Crippen LogP contribution in [0.15, 0.2) is 41.3 Å². The Bertz CT molecular complexity index is 632. The normalized spacial score (nSPS) is 10.3. The molecule has 0 saturated carbocycles. The van der Waals surface area contributed by atoms with Gasteiger partial charge in [-0.2, -0.15) is 4.98 Å². The van der Waals surface area contributed by atoms with Crippen molar-refractivity contribution in [2.24, 2.45) is 0 Å². The van der Waals surface area contributed by atoms with Gasteiger partial charge < -0.3 is 0 Å². The predicted octanol–water partition coefficient (Wildman–Crippen LogP) is 2.09. The smallest absolute Gasteiger partial charge is 0.292 e. The molecule has 2 rings (SSSR count). The van der Waals surface area contributed by atoms with Crippen LogP contribution in [0.25, 0.3) is 0 Å². The summed E-state index contributed by atoms with van der Waals surface area (Å²) in [6.45, 7) is 1.71. The van der Waals surface area contributed by atoms with Crippen molar-refractivity contribution in [1.29, 1.82) is 0 Å². The Hall–Kier alpha value is -1.94. The number of aryl methyl sites for hydroxylation is 1. The molecule has 0 bridgehead atoms. The van der Waals surface area contributed by atoms with Crippen molar-refractivity contribution in [1.82, 2.24) is 9.55 Å². The maximum Gasteiger partial charge on any atom is 0.348 e. The molecule has 5 heteroatoms. The summed E-state index contributed by atoms with van der Waals surface area (Å²) in [7, 11) is 0. The standard InChI is InChI=1S/C13H11ClN2O2/c1-9-6-7-16(13(18)15-9)8-12(17)10-2-4-11(14)5-3-10/h2-7H,8H2,1H3. The van der Waals surface area contributed by atoms with Crippen LogP contribution in [-0.4, -0.2) is 15.3 Å². The molecule has 2 aromatic rings. The molecule has 18 heavy (non-hydrogen) atoms. The molecule has 0 unspecified atom stereocenters. The van der Waals surface area contributed by atoms with Gasteiger partial charge in [-0.05, 0) is 37.3 Å². The Kier molecular flexibility index (Phi) is 3.58. The van der Waals surface area contributed by atoms with E-state index < -0.39 is 5.69 Å². The number of hydrogen-bond donors (Lipinski definition) is 0. The molecule has 0 atom stereocenters. The number of carbonyl (C=O) groups excluding carboxylic acids is 1. The van der Waals surface area contributed by atoms with Gasteiger partial charge in [0.25, 0.3) is 0 Å². The molecule has 1 aromatic heterocycles. The second-order valence-electron chi connectivity index (χ2n) is 3.91. The Morgan fingerprint density at radius 2 is 1.94 bits per heavy atom. The van der Waals surface area contributed by atoms with E-state index in [0.717, 1.165) is 0 Å². The van der Waals surface area contributed by atoms with E-state index in [0.29, 0.717) is 16.3 Å². The molecule has 1 heterocycles. The van der Waals surface area contributed by atoms with Crippen LogP contribution in [0.2, 0.25) is 5.02 Å². The fourth-order valence-corrected chi connectivity index (χ4v) is 1.64. The summed E-state index contributed by atoms with van der Waals surface area (Å²) < 4.78 is 1.28. The first-order valence-electron chi connectivity index (χ1n) is 5.39. The molecule has 0 fully saturated rings. The summed E-state index contributed by atoms with van der Waals surface area (Å²) in [4.78, 5) is 27.2. The second-order valence-corrected chi connectivity index (χ2v) is 4.35. The number of ketones is 1. The monoisotopic (exact) mass is 262 g/mol. The summed E-state index contributed by atoms with van der Waals surface area (Å²) >= 11 is 5.74. The van der Waals surface area contributed by atoms with Crippen LogP contribution in [0, 0.1) is 6.92 Å². The molecule has 0 aliphatic rings. The number of aromatic nitrogens is 2. The van der Waals surface area contributed by atoms with Crippen molar-refractivity contribution in [3.8, 4) is 0 Å². The van der Waals surface area contributed by atoms with Gasteiger partial charge in [0, 0.05) is 22.5 Å². The minimum atomic E-state index is -0.419. The van der Waals surface area contributed by atoms with Gasteiger partial charge >= 0.3 is 5.69 Å².